The van der Waals surface area contributed by atoms with E-state index < -0.39 is 6.10 Å². The van der Waals surface area contributed by atoms with Crippen LogP contribution in [0.4, 0.5) is 5.69 Å². The van der Waals surface area contributed by atoms with Crippen molar-refractivity contribution in [2.45, 2.75) is 38.4 Å². The van der Waals surface area contributed by atoms with Gasteiger partial charge >= 0.3 is 0 Å². The molecule has 4 heteroatoms. The van der Waals surface area contributed by atoms with E-state index in [2.05, 4.69) is 9.88 Å². The van der Waals surface area contributed by atoms with Crippen LogP contribution in [0.3, 0.4) is 0 Å². The second-order valence-corrected chi connectivity index (χ2v) is 5.24. The van der Waals surface area contributed by atoms with E-state index in [1.165, 1.54) is 0 Å². The van der Waals surface area contributed by atoms with Crippen molar-refractivity contribution in [3.05, 3.63) is 24.0 Å². The third kappa shape index (κ3) is 3.00. The van der Waals surface area contributed by atoms with Crippen LogP contribution in [0.5, 0.6) is 0 Å². The number of aliphatic hydroxyl groups is 2. The quantitative estimate of drug-likeness (QED) is 0.835. The van der Waals surface area contributed by atoms with Gasteiger partial charge in [-0.25, -0.2) is 0 Å². The number of pyridine rings is 1. The van der Waals surface area contributed by atoms with E-state index in [1.54, 1.807) is 0 Å². The van der Waals surface area contributed by atoms with Crippen molar-refractivity contribution >= 4 is 5.69 Å². The molecule has 0 saturated heterocycles. The number of anilines is 1. The first-order chi connectivity index (χ1) is 8.60. The summed E-state index contributed by atoms with van der Waals surface area (Å²) in [6, 6.07) is 3.88. The molecular weight excluding hydrogens is 228 g/mol. The van der Waals surface area contributed by atoms with Crippen LogP contribution in [0, 0.1) is 5.92 Å². The summed E-state index contributed by atoms with van der Waals surface area (Å²) in [7, 11) is 2.04. The fourth-order valence-corrected chi connectivity index (χ4v) is 2.37. The molecule has 1 aromatic heterocycles. The molecular formula is C14H22N2O2. The van der Waals surface area contributed by atoms with Crippen molar-refractivity contribution in [1.82, 2.24) is 4.98 Å². The zero-order valence-corrected chi connectivity index (χ0v) is 11.1. The van der Waals surface area contributed by atoms with Gasteiger partial charge in [0.05, 0.1) is 29.8 Å². The molecule has 1 fully saturated rings. The van der Waals surface area contributed by atoms with Crippen molar-refractivity contribution < 1.29 is 10.2 Å². The van der Waals surface area contributed by atoms with Gasteiger partial charge in [0, 0.05) is 13.6 Å². The summed E-state index contributed by atoms with van der Waals surface area (Å²) in [6.45, 7) is 2.89. The van der Waals surface area contributed by atoms with E-state index in [0.717, 1.165) is 30.8 Å². The van der Waals surface area contributed by atoms with Gasteiger partial charge in [-0.15, -0.1) is 0 Å². The summed E-state index contributed by atoms with van der Waals surface area (Å²) in [5, 5.41) is 18.9. The molecule has 1 heterocycles. The summed E-state index contributed by atoms with van der Waals surface area (Å²) in [5.41, 5.74) is 1.79. The van der Waals surface area contributed by atoms with Crippen LogP contribution in [0.15, 0.2) is 18.3 Å². The maximum absolute atomic E-state index is 9.68. The van der Waals surface area contributed by atoms with Crippen LogP contribution in [-0.2, 0) is 0 Å². The standard InChI is InChI=1S/C14H22N2O2/c1-3-14(18)13-5-4-11(8-15-13)16(2)9-10-6-12(17)7-10/h4-5,8,10,12,14,17-18H,3,6-7,9H2,1-2H3/t10?,12?,14-/m0/s1. The Labute approximate surface area is 108 Å². The van der Waals surface area contributed by atoms with E-state index in [-0.39, 0.29) is 6.10 Å². The van der Waals surface area contributed by atoms with Gasteiger partial charge in [0.2, 0.25) is 0 Å². The van der Waals surface area contributed by atoms with Crippen molar-refractivity contribution in [1.29, 1.82) is 0 Å². The molecule has 1 saturated carbocycles. The Bertz CT molecular complexity index is 374. The molecule has 1 atom stereocenters. The normalized spacial score (nSPS) is 24.4. The predicted molar refractivity (Wildman–Crippen MR) is 71.5 cm³/mol. The van der Waals surface area contributed by atoms with Crippen LogP contribution in [0.1, 0.15) is 38.0 Å². The van der Waals surface area contributed by atoms with E-state index in [4.69, 9.17) is 0 Å². The van der Waals surface area contributed by atoms with E-state index in [0.29, 0.717) is 12.3 Å². The summed E-state index contributed by atoms with van der Waals surface area (Å²) in [4.78, 5) is 6.45. The molecule has 0 spiro atoms. The molecule has 1 aliphatic rings. The van der Waals surface area contributed by atoms with Gasteiger partial charge in [0.1, 0.15) is 0 Å². The van der Waals surface area contributed by atoms with Crippen LogP contribution in [-0.4, -0.2) is 34.9 Å². The minimum Gasteiger partial charge on any atom is -0.393 e. The van der Waals surface area contributed by atoms with Gasteiger partial charge in [-0.1, -0.05) is 6.92 Å². The highest BCUT2D eigenvalue weighted by Crippen LogP contribution is 2.29. The van der Waals surface area contributed by atoms with E-state index >= 15 is 0 Å². The maximum Gasteiger partial charge on any atom is 0.0957 e. The molecule has 0 bridgehead atoms. The van der Waals surface area contributed by atoms with E-state index in [9.17, 15) is 10.2 Å². The molecule has 4 nitrogen and oxygen atoms in total. The Morgan fingerprint density at radius 1 is 1.44 bits per heavy atom. The maximum atomic E-state index is 9.68. The Morgan fingerprint density at radius 2 is 2.17 bits per heavy atom. The Hall–Kier alpha value is -1.13. The van der Waals surface area contributed by atoms with Gasteiger partial charge in [-0.2, -0.15) is 0 Å². The number of nitrogens with zero attached hydrogens (tertiary/aromatic N) is 2. The summed E-state index contributed by atoms with van der Waals surface area (Å²) in [5.74, 6) is 0.589. The number of aliphatic hydroxyl groups excluding tert-OH is 2. The minimum atomic E-state index is -0.467. The lowest BCUT2D eigenvalue weighted by atomic mass is 9.82. The minimum absolute atomic E-state index is 0.0939. The van der Waals surface area contributed by atoms with Crippen LogP contribution in [0.2, 0.25) is 0 Å². The van der Waals surface area contributed by atoms with Gasteiger partial charge < -0.3 is 15.1 Å². The Balaban J connectivity index is 1.92. The highest BCUT2D eigenvalue weighted by Gasteiger charge is 2.28. The largest absolute Gasteiger partial charge is 0.393 e. The average molecular weight is 250 g/mol. The zero-order valence-electron chi connectivity index (χ0n) is 11.1. The smallest absolute Gasteiger partial charge is 0.0957 e. The predicted octanol–water partition coefficient (Wildman–Crippen LogP) is 1.73. The lowest BCUT2D eigenvalue weighted by molar-refractivity contribution is 0.0465. The van der Waals surface area contributed by atoms with Crippen molar-refractivity contribution in [2.24, 2.45) is 5.92 Å². The van der Waals surface area contributed by atoms with E-state index in [1.807, 2.05) is 32.3 Å². The van der Waals surface area contributed by atoms with Gasteiger partial charge in [-0.05, 0) is 37.3 Å². The number of hydrogen-bond acceptors (Lipinski definition) is 4. The fraction of sp³-hybridized carbons (Fsp3) is 0.643. The SMILES string of the molecule is CC[C@H](O)c1ccc(N(C)CC2CC(O)C2)cn1. The average Bonchev–Trinajstić information content (AvgIpc) is 2.36. The highest BCUT2D eigenvalue weighted by atomic mass is 16.3. The Kier molecular flexibility index (Phi) is 4.19. The number of aromatic nitrogens is 1. The zero-order chi connectivity index (χ0) is 13.1. The second-order valence-electron chi connectivity index (χ2n) is 5.24. The molecule has 18 heavy (non-hydrogen) atoms. The van der Waals surface area contributed by atoms with Gasteiger partial charge in [0.25, 0.3) is 0 Å². The molecule has 0 unspecified atom stereocenters. The molecule has 0 aromatic carbocycles. The topological polar surface area (TPSA) is 56.6 Å². The highest BCUT2D eigenvalue weighted by molar-refractivity contribution is 5.44. The monoisotopic (exact) mass is 250 g/mol. The molecule has 1 aliphatic carbocycles. The van der Waals surface area contributed by atoms with Crippen molar-refractivity contribution in [3.8, 4) is 0 Å². The molecule has 2 N–H and O–H groups in total. The third-order valence-corrected chi connectivity index (χ3v) is 3.68. The first-order valence-corrected chi connectivity index (χ1v) is 6.63. The first-order valence-electron chi connectivity index (χ1n) is 6.63. The third-order valence-electron chi connectivity index (χ3n) is 3.68. The molecule has 0 radical (unpaired) electrons. The molecule has 2 rings (SSSR count). The summed E-state index contributed by atoms with van der Waals surface area (Å²) < 4.78 is 0. The number of hydrogen-bond donors (Lipinski definition) is 2. The van der Waals surface area contributed by atoms with Crippen molar-refractivity contribution in [2.75, 3.05) is 18.5 Å². The Morgan fingerprint density at radius 3 is 2.67 bits per heavy atom. The summed E-state index contributed by atoms with van der Waals surface area (Å²) in [6.07, 6.45) is 3.75. The first kappa shape index (κ1) is 13.3. The molecule has 0 aliphatic heterocycles. The molecule has 0 amide bonds. The second kappa shape index (κ2) is 5.67. The van der Waals surface area contributed by atoms with Crippen LogP contribution < -0.4 is 4.90 Å². The van der Waals surface area contributed by atoms with Gasteiger partial charge in [-0.3, -0.25) is 4.98 Å². The molecule has 1 aromatic rings. The lowest BCUT2D eigenvalue weighted by Crippen LogP contribution is -2.37. The molecule has 100 valence electrons. The van der Waals surface area contributed by atoms with Crippen LogP contribution in [0.25, 0.3) is 0 Å². The number of rotatable bonds is 5. The van der Waals surface area contributed by atoms with Crippen molar-refractivity contribution in [3.63, 3.8) is 0 Å². The fourth-order valence-electron chi connectivity index (χ4n) is 2.37. The lowest BCUT2D eigenvalue weighted by Gasteiger charge is -2.35. The summed E-state index contributed by atoms with van der Waals surface area (Å²) >= 11 is 0. The van der Waals surface area contributed by atoms with Gasteiger partial charge in [0.15, 0.2) is 0 Å². The van der Waals surface area contributed by atoms with Crippen LogP contribution >= 0.6 is 0 Å².